The molecule has 0 aliphatic heterocycles. The summed E-state index contributed by atoms with van der Waals surface area (Å²) in [7, 11) is 0. The van der Waals surface area contributed by atoms with Crippen molar-refractivity contribution in [3.8, 4) is 11.4 Å². The molecule has 0 spiro atoms. The first kappa shape index (κ1) is 11.9. The molecule has 90 valence electrons. The number of aromatic nitrogens is 4. The highest BCUT2D eigenvalue weighted by Crippen LogP contribution is 2.26. The Morgan fingerprint density at radius 1 is 1.35 bits per heavy atom. The summed E-state index contributed by atoms with van der Waals surface area (Å²) < 4.78 is 1.99. The molecule has 0 fully saturated rings. The fourth-order valence-corrected chi connectivity index (χ4v) is 1.85. The van der Waals surface area contributed by atoms with Crippen LogP contribution in [0.4, 0.5) is 5.95 Å². The van der Waals surface area contributed by atoms with Crippen molar-refractivity contribution < 1.29 is 0 Å². The monoisotopic (exact) mass is 251 g/mol. The van der Waals surface area contributed by atoms with Gasteiger partial charge in [0.05, 0.1) is 5.02 Å². The van der Waals surface area contributed by atoms with Crippen LogP contribution in [0.15, 0.2) is 18.5 Å². The molecule has 2 aromatic heterocycles. The third-order valence-corrected chi connectivity index (χ3v) is 2.72. The molecule has 0 amide bonds. The van der Waals surface area contributed by atoms with Crippen molar-refractivity contribution in [2.45, 2.75) is 20.4 Å². The molecule has 5 nitrogen and oxygen atoms in total. The lowest BCUT2D eigenvalue weighted by Crippen LogP contribution is -2.07. The standard InChI is InChI=1S/C11H14ClN5/c1-3-14-11-16-15-10(17(11)4-2)8-5-6-13-7-9(8)12/h5-7H,3-4H2,1-2H3,(H,14,16). The molecule has 0 saturated heterocycles. The van der Waals surface area contributed by atoms with Gasteiger partial charge in [-0.25, -0.2) is 0 Å². The van der Waals surface area contributed by atoms with E-state index in [0.717, 1.165) is 30.4 Å². The Hall–Kier alpha value is -1.62. The highest BCUT2D eigenvalue weighted by atomic mass is 35.5. The van der Waals surface area contributed by atoms with E-state index in [1.54, 1.807) is 12.4 Å². The molecule has 2 heterocycles. The van der Waals surface area contributed by atoms with Crippen LogP contribution in [0.2, 0.25) is 5.02 Å². The second kappa shape index (κ2) is 5.14. The van der Waals surface area contributed by atoms with E-state index < -0.39 is 0 Å². The van der Waals surface area contributed by atoms with Crippen LogP contribution in [-0.2, 0) is 6.54 Å². The molecule has 6 heteroatoms. The lowest BCUT2D eigenvalue weighted by molar-refractivity contribution is 0.770. The average Bonchev–Trinajstić information content (AvgIpc) is 2.73. The minimum atomic E-state index is 0.581. The maximum atomic E-state index is 6.11. The first-order valence-corrected chi connectivity index (χ1v) is 5.92. The summed E-state index contributed by atoms with van der Waals surface area (Å²) in [6.07, 6.45) is 3.31. The van der Waals surface area contributed by atoms with Gasteiger partial charge in [0.25, 0.3) is 0 Å². The molecule has 2 aromatic rings. The van der Waals surface area contributed by atoms with E-state index in [-0.39, 0.29) is 0 Å². The Labute approximate surface area is 105 Å². The molecular weight excluding hydrogens is 238 g/mol. The summed E-state index contributed by atoms with van der Waals surface area (Å²) in [5.74, 6) is 1.52. The zero-order chi connectivity index (χ0) is 12.3. The van der Waals surface area contributed by atoms with E-state index in [4.69, 9.17) is 11.6 Å². The maximum absolute atomic E-state index is 6.11. The van der Waals surface area contributed by atoms with Crippen molar-refractivity contribution in [1.82, 2.24) is 19.7 Å². The third kappa shape index (κ3) is 2.24. The fraction of sp³-hybridized carbons (Fsp3) is 0.364. The van der Waals surface area contributed by atoms with E-state index in [1.807, 2.05) is 24.5 Å². The van der Waals surface area contributed by atoms with Gasteiger partial charge in [-0.05, 0) is 19.9 Å². The molecule has 0 aliphatic rings. The predicted octanol–water partition coefficient (Wildman–Crippen LogP) is 2.45. The third-order valence-electron chi connectivity index (χ3n) is 2.42. The van der Waals surface area contributed by atoms with Crippen molar-refractivity contribution >= 4 is 17.5 Å². The SMILES string of the molecule is CCNc1nnc(-c2ccncc2Cl)n1CC. The van der Waals surface area contributed by atoms with Crippen LogP contribution in [0, 0.1) is 0 Å². The largest absolute Gasteiger partial charge is 0.355 e. The van der Waals surface area contributed by atoms with Crippen molar-refractivity contribution in [3.63, 3.8) is 0 Å². The van der Waals surface area contributed by atoms with Crippen LogP contribution >= 0.6 is 11.6 Å². The van der Waals surface area contributed by atoms with Gasteiger partial charge in [-0.3, -0.25) is 9.55 Å². The first-order valence-electron chi connectivity index (χ1n) is 5.54. The van der Waals surface area contributed by atoms with E-state index in [2.05, 4.69) is 20.5 Å². The number of nitrogens with one attached hydrogen (secondary N) is 1. The lowest BCUT2D eigenvalue weighted by Gasteiger charge is -2.08. The Morgan fingerprint density at radius 3 is 2.82 bits per heavy atom. The van der Waals surface area contributed by atoms with Crippen molar-refractivity contribution in [3.05, 3.63) is 23.5 Å². The highest BCUT2D eigenvalue weighted by molar-refractivity contribution is 6.33. The average molecular weight is 252 g/mol. The summed E-state index contributed by atoms with van der Waals surface area (Å²) in [5, 5.41) is 12.0. The summed E-state index contributed by atoms with van der Waals surface area (Å²) in [6, 6.07) is 1.84. The van der Waals surface area contributed by atoms with E-state index in [9.17, 15) is 0 Å². The summed E-state index contributed by atoms with van der Waals surface area (Å²) in [5.41, 5.74) is 0.847. The highest BCUT2D eigenvalue weighted by Gasteiger charge is 2.14. The van der Waals surface area contributed by atoms with E-state index in [1.165, 1.54) is 0 Å². The molecule has 1 N–H and O–H groups in total. The van der Waals surface area contributed by atoms with Gasteiger partial charge in [0.2, 0.25) is 5.95 Å². The number of halogens is 1. The number of anilines is 1. The Balaban J connectivity index is 2.49. The van der Waals surface area contributed by atoms with Gasteiger partial charge in [0.1, 0.15) is 0 Å². The fourth-order valence-electron chi connectivity index (χ4n) is 1.65. The molecule has 0 aromatic carbocycles. The number of nitrogens with zero attached hydrogens (tertiary/aromatic N) is 4. The number of pyridine rings is 1. The van der Waals surface area contributed by atoms with Crippen LogP contribution in [0.3, 0.4) is 0 Å². The van der Waals surface area contributed by atoms with Crippen LogP contribution < -0.4 is 5.32 Å². The van der Waals surface area contributed by atoms with Crippen LogP contribution in [0.1, 0.15) is 13.8 Å². The summed E-state index contributed by atoms with van der Waals surface area (Å²) in [6.45, 7) is 5.65. The Bertz CT molecular complexity index is 508. The minimum absolute atomic E-state index is 0.581. The molecule has 0 bridgehead atoms. The normalized spacial score (nSPS) is 10.5. The first-order chi connectivity index (χ1) is 8.27. The molecule has 0 unspecified atom stereocenters. The number of hydrogen-bond donors (Lipinski definition) is 1. The van der Waals surface area contributed by atoms with Crippen LogP contribution in [0.25, 0.3) is 11.4 Å². The molecule has 0 saturated carbocycles. The van der Waals surface area contributed by atoms with Gasteiger partial charge in [0, 0.05) is 31.0 Å². The molecule has 0 atom stereocenters. The zero-order valence-electron chi connectivity index (χ0n) is 9.81. The Morgan fingerprint density at radius 2 is 2.18 bits per heavy atom. The molecular formula is C11H14ClN5. The summed E-state index contributed by atoms with van der Waals surface area (Å²) in [4.78, 5) is 3.96. The van der Waals surface area contributed by atoms with Gasteiger partial charge in [-0.1, -0.05) is 11.6 Å². The second-order valence-corrected chi connectivity index (χ2v) is 3.88. The molecule has 17 heavy (non-hydrogen) atoms. The smallest absolute Gasteiger partial charge is 0.224 e. The predicted molar refractivity (Wildman–Crippen MR) is 68.1 cm³/mol. The van der Waals surface area contributed by atoms with Crippen molar-refractivity contribution in [1.29, 1.82) is 0 Å². The van der Waals surface area contributed by atoms with Gasteiger partial charge in [-0.2, -0.15) is 0 Å². The van der Waals surface area contributed by atoms with Crippen LogP contribution in [0.5, 0.6) is 0 Å². The summed E-state index contributed by atoms with van der Waals surface area (Å²) >= 11 is 6.11. The van der Waals surface area contributed by atoms with Crippen molar-refractivity contribution in [2.24, 2.45) is 0 Å². The Kier molecular flexibility index (Phi) is 3.58. The van der Waals surface area contributed by atoms with Gasteiger partial charge in [0.15, 0.2) is 5.82 Å². The minimum Gasteiger partial charge on any atom is -0.355 e. The molecule has 2 rings (SSSR count). The molecule has 0 radical (unpaired) electrons. The van der Waals surface area contributed by atoms with Gasteiger partial charge < -0.3 is 5.32 Å². The van der Waals surface area contributed by atoms with Crippen LogP contribution in [-0.4, -0.2) is 26.3 Å². The van der Waals surface area contributed by atoms with Gasteiger partial charge in [-0.15, -0.1) is 10.2 Å². The van der Waals surface area contributed by atoms with E-state index in [0.29, 0.717) is 5.02 Å². The van der Waals surface area contributed by atoms with Crippen molar-refractivity contribution in [2.75, 3.05) is 11.9 Å². The second-order valence-electron chi connectivity index (χ2n) is 3.48. The maximum Gasteiger partial charge on any atom is 0.224 e. The topological polar surface area (TPSA) is 55.6 Å². The van der Waals surface area contributed by atoms with Gasteiger partial charge >= 0.3 is 0 Å². The van der Waals surface area contributed by atoms with E-state index >= 15 is 0 Å². The molecule has 0 aliphatic carbocycles. The quantitative estimate of drug-likeness (QED) is 0.907. The number of rotatable bonds is 4. The number of hydrogen-bond acceptors (Lipinski definition) is 4. The zero-order valence-corrected chi connectivity index (χ0v) is 10.6. The lowest BCUT2D eigenvalue weighted by atomic mass is 10.2.